The Kier molecular flexibility index (Phi) is 4.16. The molecule has 0 bridgehead atoms. The fourth-order valence-electron chi connectivity index (χ4n) is 2.99. The van der Waals surface area contributed by atoms with Crippen molar-refractivity contribution in [1.29, 1.82) is 0 Å². The number of β-amino-alcohol motifs (C(OH)–C–C–N with tert-alkyl or cyclic N) is 1. The first-order chi connectivity index (χ1) is 9.31. The maximum absolute atomic E-state index is 10.1. The minimum atomic E-state index is -0.245. The second kappa shape index (κ2) is 6.04. The van der Waals surface area contributed by atoms with Crippen molar-refractivity contribution in [3.63, 3.8) is 0 Å². The molecule has 1 aromatic rings. The molecule has 1 saturated carbocycles. The average Bonchev–Trinajstić information content (AvgIpc) is 2.37. The van der Waals surface area contributed by atoms with Crippen molar-refractivity contribution in [2.75, 3.05) is 19.6 Å². The summed E-state index contributed by atoms with van der Waals surface area (Å²) in [6.45, 7) is 3.57. The molecule has 1 unspecified atom stereocenters. The number of nitrogens with one attached hydrogen (secondary N) is 1. The smallest absolute Gasteiger partial charge is 0.0791 e. The van der Waals surface area contributed by atoms with Crippen molar-refractivity contribution in [3.05, 3.63) is 35.4 Å². The highest BCUT2D eigenvalue weighted by Crippen LogP contribution is 2.19. The first kappa shape index (κ1) is 13.1. The maximum Gasteiger partial charge on any atom is 0.0791 e. The number of hydrogen-bond donors (Lipinski definition) is 2. The zero-order valence-corrected chi connectivity index (χ0v) is 11.5. The van der Waals surface area contributed by atoms with Crippen LogP contribution in [0, 0.1) is 0 Å². The van der Waals surface area contributed by atoms with Gasteiger partial charge in [-0.3, -0.25) is 4.90 Å². The van der Waals surface area contributed by atoms with Crippen molar-refractivity contribution < 1.29 is 5.11 Å². The molecule has 2 N–H and O–H groups in total. The highest BCUT2D eigenvalue weighted by Gasteiger charge is 2.20. The Bertz CT molecular complexity index is 417. The fourth-order valence-corrected chi connectivity index (χ4v) is 2.99. The first-order valence-electron chi connectivity index (χ1n) is 7.52. The monoisotopic (exact) mass is 260 g/mol. The van der Waals surface area contributed by atoms with Gasteiger partial charge in [0.15, 0.2) is 0 Å². The summed E-state index contributed by atoms with van der Waals surface area (Å²) in [5, 5.41) is 13.6. The molecule has 1 aromatic carbocycles. The molecule has 1 fully saturated rings. The van der Waals surface area contributed by atoms with Crippen LogP contribution in [-0.4, -0.2) is 41.8 Å². The summed E-state index contributed by atoms with van der Waals surface area (Å²) in [5.41, 5.74) is 2.90. The van der Waals surface area contributed by atoms with Gasteiger partial charge in [0, 0.05) is 32.2 Å². The molecular weight excluding hydrogens is 236 g/mol. The normalized spacial score (nSPS) is 21.7. The third-order valence-corrected chi connectivity index (χ3v) is 4.43. The first-order valence-corrected chi connectivity index (χ1v) is 7.52. The van der Waals surface area contributed by atoms with Crippen LogP contribution >= 0.6 is 0 Å². The summed E-state index contributed by atoms with van der Waals surface area (Å²) in [7, 11) is 0. The summed E-state index contributed by atoms with van der Waals surface area (Å²) in [5.74, 6) is 0. The van der Waals surface area contributed by atoms with Crippen LogP contribution < -0.4 is 5.32 Å². The molecular formula is C16H24N2O. The van der Waals surface area contributed by atoms with Crippen molar-refractivity contribution in [2.24, 2.45) is 0 Å². The number of aliphatic hydroxyl groups excluding tert-OH is 1. The Labute approximate surface area is 115 Å². The van der Waals surface area contributed by atoms with Gasteiger partial charge in [-0.2, -0.15) is 0 Å². The van der Waals surface area contributed by atoms with E-state index >= 15 is 0 Å². The fraction of sp³-hybridized carbons (Fsp3) is 0.625. The third kappa shape index (κ3) is 3.35. The summed E-state index contributed by atoms with van der Waals surface area (Å²) < 4.78 is 0. The van der Waals surface area contributed by atoms with E-state index in [0.717, 1.165) is 32.6 Å². The van der Waals surface area contributed by atoms with Gasteiger partial charge in [0.1, 0.15) is 0 Å². The Balaban J connectivity index is 1.45. The minimum Gasteiger partial charge on any atom is -0.390 e. The van der Waals surface area contributed by atoms with Gasteiger partial charge in [0.05, 0.1) is 6.10 Å². The molecule has 104 valence electrons. The summed E-state index contributed by atoms with van der Waals surface area (Å²) in [4.78, 5) is 2.37. The van der Waals surface area contributed by atoms with E-state index in [1.165, 1.54) is 30.4 Å². The zero-order chi connectivity index (χ0) is 13.1. The Hall–Kier alpha value is -0.900. The van der Waals surface area contributed by atoms with Gasteiger partial charge in [-0.25, -0.2) is 0 Å². The van der Waals surface area contributed by atoms with Crippen molar-refractivity contribution in [3.8, 4) is 0 Å². The third-order valence-electron chi connectivity index (χ3n) is 4.43. The predicted molar refractivity (Wildman–Crippen MR) is 77.1 cm³/mol. The van der Waals surface area contributed by atoms with Crippen LogP contribution in [0.4, 0.5) is 0 Å². The molecule has 3 nitrogen and oxygen atoms in total. The topological polar surface area (TPSA) is 35.5 Å². The number of nitrogens with zero attached hydrogens (tertiary/aromatic N) is 1. The highest BCUT2D eigenvalue weighted by atomic mass is 16.3. The van der Waals surface area contributed by atoms with E-state index in [1.807, 2.05) is 0 Å². The van der Waals surface area contributed by atoms with Crippen LogP contribution in [0.25, 0.3) is 0 Å². The molecule has 0 amide bonds. The number of benzene rings is 1. The van der Waals surface area contributed by atoms with E-state index < -0.39 is 0 Å². The molecule has 1 atom stereocenters. The van der Waals surface area contributed by atoms with Gasteiger partial charge < -0.3 is 10.4 Å². The zero-order valence-electron chi connectivity index (χ0n) is 11.5. The molecule has 0 saturated heterocycles. The Morgan fingerprint density at radius 1 is 1.26 bits per heavy atom. The summed E-state index contributed by atoms with van der Waals surface area (Å²) in [6, 6.07) is 9.32. The second-order valence-corrected chi connectivity index (χ2v) is 5.94. The van der Waals surface area contributed by atoms with Gasteiger partial charge in [0.25, 0.3) is 0 Å². The number of aliphatic hydroxyl groups is 1. The van der Waals surface area contributed by atoms with E-state index in [9.17, 15) is 5.11 Å². The SMILES string of the molecule is OC(CNC1CCC1)CN1CCc2ccccc2C1. The molecule has 0 aromatic heterocycles. The van der Waals surface area contributed by atoms with Gasteiger partial charge >= 0.3 is 0 Å². The number of rotatable bonds is 5. The highest BCUT2D eigenvalue weighted by molar-refractivity contribution is 5.29. The van der Waals surface area contributed by atoms with Crippen molar-refractivity contribution >= 4 is 0 Å². The van der Waals surface area contributed by atoms with Gasteiger partial charge in [-0.1, -0.05) is 30.7 Å². The maximum atomic E-state index is 10.1. The second-order valence-electron chi connectivity index (χ2n) is 5.94. The molecule has 3 rings (SSSR count). The predicted octanol–water partition coefficient (Wildman–Crippen LogP) is 1.55. The average molecular weight is 260 g/mol. The quantitative estimate of drug-likeness (QED) is 0.843. The molecule has 1 heterocycles. The van der Waals surface area contributed by atoms with Crippen molar-refractivity contribution in [1.82, 2.24) is 10.2 Å². The lowest BCUT2D eigenvalue weighted by Crippen LogP contribution is -2.44. The molecule has 19 heavy (non-hydrogen) atoms. The van der Waals surface area contributed by atoms with Crippen LogP contribution in [0.1, 0.15) is 30.4 Å². The lowest BCUT2D eigenvalue weighted by Gasteiger charge is -2.32. The van der Waals surface area contributed by atoms with Gasteiger partial charge in [-0.05, 0) is 30.4 Å². The lowest BCUT2D eigenvalue weighted by molar-refractivity contribution is 0.0984. The van der Waals surface area contributed by atoms with E-state index in [1.54, 1.807) is 0 Å². The molecule has 3 heteroatoms. The van der Waals surface area contributed by atoms with E-state index in [-0.39, 0.29) is 6.10 Å². The standard InChI is InChI=1S/C16H24N2O/c19-16(10-17-15-6-3-7-15)12-18-9-8-13-4-1-2-5-14(13)11-18/h1-2,4-5,15-17,19H,3,6-12H2. The molecule has 1 aliphatic heterocycles. The lowest BCUT2D eigenvalue weighted by atomic mass is 9.93. The summed E-state index contributed by atoms with van der Waals surface area (Å²) >= 11 is 0. The Morgan fingerprint density at radius 2 is 2.05 bits per heavy atom. The number of hydrogen-bond acceptors (Lipinski definition) is 3. The van der Waals surface area contributed by atoms with Crippen LogP contribution in [0.15, 0.2) is 24.3 Å². The van der Waals surface area contributed by atoms with E-state index in [2.05, 4.69) is 34.5 Å². The summed E-state index contributed by atoms with van der Waals surface area (Å²) in [6.07, 6.45) is 4.77. The van der Waals surface area contributed by atoms with Gasteiger partial charge in [-0.15, -0.1) is 0 Å². The van der Waals surface area contributed by atoms with Gasteiger partial charge in [0.2, 0.25) is 0 Å². The Morgan fingerprint density at radius 3 is 2.79 bits per heavy atom. The molecule has 2 aliphatic rings. The van der Waals surface area contributed by atoms with Crippen LogP contribution in [0.5, 0.6) is 0 Å². The molecule has 1 aliphatic carbocycles. The minimum absolute atomic E-state index is 0.245. The van der Waals surface area contributed by atoms with Crippen LogP contribution in [0.3, 0.4) is 0 Å². The van der Waals surface area contributed by atoms with Crippen molar-refractivity contribution in [2.45, 2.75) is 44.4 Å². The largest absolute Gasteiger partial charge is 0.390 e. The van der Waals surface area contributed by atoms with E-state index in [0.29, 0.717) is 6.04 Å². The van der Waals surface area contributed by atoms with Crippen LogP contribution in [-0.2, 0) is 13.0 Å². The number of fused-ring (bicyclic) bond motifs is 1. The van der Waals surface area contributed by atoms with E-state index in [4.69, 9.17) is 0 Å². The molecule has 0 radical (unpaired) electrons. The molecule has 0 spiro atoms. The van der Waals surface area contributed by atoms with Crippen LogP contribution in [0.2, 0.25) is 0 Å².